The highest BCUT2D eigenvalue weighted by molar-refractivity contribution is 8.00. The first-order valence-electron chi connectivity index (χ1n) is 5.35. The van der Waals surface area contributed by atoms with Crippen LogP contribution in [0.4, 0.5) is 5.69 Å². The minimum absolute atomic E-state index is 0.172. The third kappa shape index (κ3) is 3.16. The fourth-order valence-corrected chi connectivity index (χ4v) is 2.39. The molecule has 4 heteroatoms. The van der Waals surface area contributed by atoms with Crippen molar-refractivity contribution in [2.45, 2.75) is 50.3 Å². The number of anilines is 1. The second-order valence-corrected chi connectivity index (χ2v) is 6.57. The molecule has 1 aromatic heterocycles. The molecule has 0 fully saturated rings. The van der Waals surface area contributed by atoms with Crippen LogP contribution < -0.4 is 5.73 Å². The lowest BCUT2D eigenvalue weighted by atomic mass is 10.2. The van der Waals surface area contributed by atoms with Gasteiger partial charge in [-0.25, -0.2) is 0 Å². The first-order valence-corrected chi connectivity index (χ1v) is 6.17. The van der Waals surface area contributed by atoms with Gasteiger partial charge in [0.25, 0.3) is 0 Å². The zero-order chi connectivity index (χ0) is 11.6. The van der Waals surface area contributed by atoms with Gasteiger partial charge in [0.1, 0.15) is 5.03 Å². The summed E-state index contributed by atoms with van der Waals surface area (Å²) in [6.07, 6.45) is 2.05. The lowest BCUT2D eigenvalue weighted by molar-refractivity contribution is 0.675. The van der Waals surface area contributed by atoms with Gasteiger partial charge in [-0.1, -0.05) is 45.9 Å². The van der Waals surface area contributed by atoms with Crippen molar-refractivity contribution in [3.63, 3.8) is 0 Å². The summed E-state index contributed by atoms with van der Waals surface area (Å²) in [4.78, 5) is 0. The van der Waals surface area contributed by atoms with E-state index in [4.69, 9.17) is 5.73 Å². The molecular formula is C11H21N3S. The highest BCUT2D eigenvalue weighted by Gasteiger charge is 2.19. The van der Waals surface area contributed by atoms with Crippen molar-refractivity contribution < 1.29 is 0 Å². The highest BCUT2D eigenvalue weighted by atomic mass is 32.2. The summed E-state index contributed by atoms with van der Waals surface area (Å²) in [6, 6.07) is 0. The maximum Gasteiger partial charge on any atom is 0.117 e. The molecule has 0 bridgehead atoms. The monoisotopic (exact) mass is 227 g/mol. The number of aryl methyl sites for hydroxylation is 2. The number of nitrogens with zero attached hydrogens (tertiary/aromatic N) is 2. The van der Waals surface area contributed by atoms with Crippen LogP contribution in [0.15, 0.2) is 5.03 Å². The molecule has 0 spiro atoms. The first-order chi connectivity index (χ1) is 6.85. The fourth-order valence-electron chi connectivity index (χ4n) is 1.41. The Kier molecular flexibility index (Phi) is 3.71. The highest BCUT2D eigenvalue weighted by Crippen LogP contribution is 2.36. The third-order valence-electron chi connectivity index (χ3n) is 2.00. The zero-order valence-corrected chi connectivity index (χ0v) is 11.1. The second-order valence-electron chi connectivity index (χ2n) is 4.75. The predicted octanol–water partition coefficient (Wildman–Crippen LogP) is 2.85. The number of nitrogen functional groups attached to an aromatic ring is 1. The molecule has 0 radical (unpaired) electrons. The lowest BCUT2D eigenvalue weighted by Crippen LogP contribution is -2.09. The molecule has 0 unspecified atom stereocenters. The number of hydrogen-bond acceptors (Lipinski definition) is 3. The van der Waals surface area contributed by atoms with Gasteiger partial charge in [-0.2, -0.15) is 5.10 Å². The summed E-state index contributed by atoms with van der Waals surface area (Å²) in [7, 11) is 1.96. The Morgan fingerprint density at radius 3 is 2.47 bits per heavy atom. The standard InChI is InChI=1S/C11H21N3S/c1-6-7-8-9(12)10(14(5)13-8)15-11(2,3)4/h6-7,12H2,1-5H3. The fraction of sp³-hybridized carbons (Fsp3) is 0.727. The number of hydrogen-bond donors (Lipinski definition) is 1. The van der Waals surface area contributed by atoms with Crippen molar-refractivity contribution in [1.29, 1.82) is 0 Å². The third-order valence-corrected chi connectivity index (χ3v) is 3.29. The van der Waals surface area contributed by atoms with E-state index in [1.54, 1.807) is 11.8 Å². The SMILES string of the molecule is CCCc1nn(C)c(SC(C)(C)C)c1N. The maximum absolute atomic E-state index is 6.09. The van der Waals surface area contributed by atoms with Crippen LogP contribution in [0.1, 0.15) is 39.8 Å². The Labute approximate surface area is 96.4 Å². The van der Waals surface area contributed by atoms with E-state index in [-0.39, 0.29) is 4.75 Å². The van der Waals surface area contributed by atoms with Crippen molar-refractivity contribution in [2.24, 2.45) is 7.05 Å². The minimum atomic E-state index is 0.172. The van der Waals surface area contributed by atoms with Gasteiger partial charge in [-0.15, -0.1) is 0 Å². The Morgan fingerprint density at radius 1 is 1.40 bits per heavy atom. The summed E-state index contributed by atoms with van der Waals surface area (Å²) >= 11 is 1.78. The molecule has 0 aliphatic rings. The van der Waals surface area contributed by atoms with E-state index < -0.39 is 0 Å². The summed E-state index contributed by atoms with van der Waals surface area (Å²) < 4.78 is 2.07. The van der Waals surface area contributed by atoms with Crippen LogP contribution in [0.2, 0.25) is 0 Å². The van der Waals surface area contributed by atoms with Gasteiger partial charge < -0.3 is 5.73 Å². The van der Waals surface area contributed by atoms with E-state index in [0.717, 1.165) is 29.2 Å². The minimum Gasteiger partial charge on any atom is -0.395 e. The van der Waals surface area contributed by atoms with Gasteiger partial charge in [0.15, 0.2) is 0 Å². The van der Waals surface area contributed by atoms with Crippen LogP contribution in [-0.2, 0) is 13.5 Å². The van der Waals surface area contributed by atoms with E-state index in [2.05, 4.69) is 32.8 Å². The summed E-state index contributed by atoms with van der Waals surface area (Å²) in [5, 5.41) is 5.54. The molecule has 0 aliphatic carbocycles. The average molecular weight is 227 g/mol. The van der Waals surface area contributed by atoms with Crippen molar-refractivity contribution in [2.75, 3.05) is 5.73 Å². The largest absolute Gasteiger partial charge is 0.395 e. The summed E-state index contributed by atoms with van der Waals surface area (Å²) in [5.74, 6) is 0. The quantitative estimate of drug-likeness (QED) is 0.808. The molecule has 1 aromatic rings. The molecule has 0 saturated carbocycles. The Morgan fingerprint density at radius 2 is 2.00 bits per heavy atom. The molecule has 0 atom stereocenters. The van der Waals surface area contributed by atoms with Crippen LogP contribution >= 0.6 is 11.8 Å². The van der Waals surface area contributed by atoms with E-state index in [1.165, 1.54) is 0 Å². The van der Waals surface area contributed by atoms with E-state index in [0.29, 0.717) is 0 Å². The molecule has 15 heavy (non-hydrogen) atoms. The molecule has 1 heterocycles. The number of rotatable bonds is 3. The molecule has 0 aliphatic heterocycles. The first kappa shape index (κ1) is 12.4. The maximum atomic E-state index is 6.09. The van der Waals surface area contributed by atoms with Gasteiger partial charge in [-0.05, 0) is 6.42 Å². The van der Waals surface area contributed by atoms with Crippen LogP contribution in [0.5, 0.6) is 0 Å². The van der Waals surface area contributed by atoms with Crippen molar-refractivity contribution in [3.8, 4) is 0 Å². The van der Waals surface area contributed by atoms with Gasteiger partial charge in [0.05, 0.1) is 11.4 Å². The van der Waals surface area contributed by atoms with Gasteiger partial charge in [0.2, 0.25) is 0 Å². The van der Waals surface area contributed by atoms with Gasteiger partial charge >= 0.3 is 0 Å². The van der Waals surface area contributed by atoms with E-state index in [9.17, 15) is 0 Å². The van der Waals surface area contributed by atoms with Crippen molar-refractivity contribution in [1.82, 2.24) is 9.78 Å². The molecule has 1 rings (SSSR count). The van der Waals surface area contributed by atoms with E-state index in [1.807, 2.05) is 11.7 Å². The second kappa shape index (κ2) is 4.47. The van der Waals surface area contributed by atoms with Crippen LogP contribution in [-0.4, -0.2) is 14.5 Å². The van der Waals surface area contributed by atoms with E-state index >= 15 is 0 Å². The Bertz CT molecular complexity index is 336. The van der Waals surface area contributed by atoms with Crippen LogP contribution in [0.25, 0.3) is 0 Å². The molecular weight excluding hydrogens is 206 g/mol. The van der Waals surface area contributed by atoms with Crippen LogP contribution in [0.3, 0.4) is 0 Å². The topological polar surface area (TPSA) is 43.8 Å². The average Bonchev–Trinajstić information content (AvgIpc) is 2.32. The smallest absolute Gasteiger partial charge is 0.117 e. The predicted molar refractivity (Wildman–Crippen MR) is 67.2 cm³/mol. The molecule has 0 amide bonds. The van der Waals surface area contributed by atoms with Gasteiger partial charge in [-0.3, -0.25) is 4.68 Å². The summed E-state index contributed by atoms with van der Waals surface area (Å²) in [5.41, 5.74) is 7.99. The number of aromatic nitrogens is 2. The van der Waals surface area contributed by atoms with Gasteiger partial charge in [0, 0.05) is 11.8 Å². The Balaban J connectivity index is 2.98. The Hall–Kier alpha value is -0.640. The molecule has 3 nitrogen and oxygen atoms in total. The summed E-state index contributed by atoms with van der Waals surface area (Å²) in [6.45, 7) is 8.70. The van der Waals surface area contributed by atoms with Crippen LogP contribution in [0, 0.1) is 0 Å². The molecule has 86 valence electrons. The zero-order valence-electron chi connectivity index (χ0n) is 10.3. The number of thioether (sulfide) groups is 1. The normalized spacial score (nSPS) is 12.1. The molecule has 0 saturated heterocycles. The lowest BCUT2D eigenvalue weighted by Gasteiger charge is -2.17. The van der Waals surface area contributed by atoms with Crippen molar-refractivity contribution >= 4 is 17.4 Å². The molecule has 2 N–H and O–H groups in total. The molecule has 0 aromatic carbocycles. The number of nitrogens with two attached hydrogens (primary N) is 1. The van der Waals surface area contributed by atoms with Crippen molar-refractivity contribution in [3.05, 3.63) is 5.69 Å².